The lowest BCUT2D eigenvalue weighted by Crippen LogP contribution is -2.57. The Balaban J connectivity index is 2.07. The number of nitrogens with one attached hydrogen (secondary N) is 1. The topological polar surface area (TPSA) is 21.3 Å². The number of hydrogen-bond acceptors (Lipinski definition) is 2. The molecule has 1 atom stereocenters. The Hall–Kier alpha value is -0.930. The van der Waals surface area contributed by atoms with Gasteiger partial charge in [-0.3, -0.25) is 5.32 Å². The molecule has 0 amide bonds. The van der Waals surface area contributed by atoms with Crippen LogP contribution in [0.4, 0.5) is 4.39 Å². The summed E-state index contributed by atoms with van der Waals surface area (Å²) in [6.07, 6.45) is 0.551. The molecule has 0 aromatic heterocycles. The molecule has 1 aromatic carbocycles. The summed E-state index contributed by atoms with van der Waals surface area (Å²) in [5.41, 5.74) is 0.383. The molecular weight excluding hydrogens is 217 g/mol. The first kappa shape index (κ1) is 12.5. The molecule has 0 radical (unpaired) electrons. The normalized spacial score (nSPS) is 28.0. The third-order valence-corrected chi connectivity index (χ3v) is 3.21. The van der Waals surface area contributed by atoms with Crippen LogP contribution in [0.2, 0.25) is 0 Å². The Morgan fingerprint density at radius 1 is 1.29 bits per heavy atom. The maximum atomic E-state index is 13.6. The van der Waals surface area contributed by atoms with E-state index in [0.717, 1.165) is 6.54 Å². The third kappa shape index (κ3) is 3.05. The molecule has 0 saturated carbocycles. The average molecular weight is 237 g/mol. The van der Waals surface area contributed by atoms with Crippen LogP contribution in [-0.4, -0.2) is 18.9 Å². The molecule has 0 aliphatic carbocycles. The SMILES string of the molecule is CC1(C)CNC(C)(Cc2ccccc2F)OC1. The Bertz CT molecular complexity index is 393. The van der Waals surface area contributed by atoms with E-state index < -0.39 is 5.72 Å². The minimum atomic E-state index is -0.461. The van der Waals surface area contributed by atoms with Gasteiger partial charge in [0.25, 0.3) is 0 Å². The van der Waals surface area contributed by atoms with Gasteiger partial charge in [0.05, 0.1) is 6.61 Å². The summed E-state index contributed by atoms with van der Waals surface area (Å²) in [5, 5.41) is 3.37. The first-order valence-corrected chi connectivity index (χ1v) is 6.03. The molecule has 1 N–H and O–H groups in total. The van der Waals surface area contributed by atoms with Crippen LogP contribution < -0.4 is 5.32 Å². The Labute approximate surface area is 102 Å². The van der Waals surface area contributed by atoms with Gasteiger partial charge in [-0.15, -0.1) is 0 Å². The smallest absolute Gasteiger partial charge is 0.126 e. The van der Waals surface area contributed by atoms with Crippen molar-refractivity contribution in [3.63, 3.8) is 0 Å². The zero-order chi connectivity index (χ0) is 12.5. The van der Waals surface area contributed by atoms with Crippen molar-refractivity contribution in [1.29, 1.82) is 0 Å². The zero-order valence-corrected chi connectivity index (χ0v) is 10.7. The van der Waals surface area contributed by atoms with E-state index in [0.29, 0.717) is 18.6 Å². The molecule has 2 nitrogen and oxygen atoms in total. The van der Waals surface area contributed by atoms with Gasteiger partial charge in [0.2, 0.25) is 0 Å². The fraction of sp³-hybridized carbons (Fsp3) is 0.571. The van der Waals surface area contributed by atoms with Crippen molar-refractivity contribution < 1.29 is 9.13 Å². The minimum Gasteiger partial charge on any atom is -0.360 e. The summed E-state index contributed by atoms with van der Waals surface area (Å²) in [4.78, 5) is 0. The van der Waals surface area contributed by atoms with Crippen LogP contribution in [0.3, 0.4) is 0 Å². The number of halogens is 1. The molecule has 3 heteroatoms. The van der Waals surface area contributed by atoms with Crippen molar-refractivity contribution in [3.8, 4) is 0 Å². The molecule has 1 aromatic rings. The highest BCUT2D eigenvalue weighted by atomic mass is 19.1. The van der Waals surface area contributed by atoms with Crippen molar-refractivity contribution in [2.45, 2.75) is 32.9 Å². The monoisotopic (exact) mass is 237 g/mol. The number of hydrogen-bond donors (Lipinski definition) is 1. The lowest BCUT2D eigenvalue weighted by molar-refractivity contribution is -0.125. The highest BCUT2D eigenvalue weighted by Gasteiger charge is 2.35. The Kier molecular flexibility index (Phi) is 3.23. The van der Waals surface area contributed by atoms with E-state index >= 15 is 0 Å². The van der Waals surface area contributed by atoms with Crippen LogP contribution in [0, 0.1) is 11.2 Å². The lowest BCUT2D eigenvalue weighted by Gasteiger charge is -2.42. The van der Waals surface area contributed by atoms with Gasteiger partial charge in [-0.05, 0) is 18.6 Å². The van der Waals surface area contributed by atoms with Crippen molar-refractivity contribution >= 4 is 0 Å². The van der Waals surface area contributed by atoms with Crippen LogP contribution in [0.5, 0.6) is 0 Å². The molecule has 1 heterocycles. The maximum absolute atomic E-state index is 13.6. The molecule has 17 heavy (non-hydrogen) atoms. The average Bonchev–Trinajstić information content (AvgIpc) is 2.27. The molecule has 1 aliphatic heterocycles. The van der Waals surface area contributed by atoms with Gasteiger partial charge in [-0.2, -0.15) is 0 Å². The van der Waals surface area contributed by atoms with E-state index in [-0.39, 0.29) is 11.2 Å². The summed E-state index contributed by atoms with van der Waals surface area (Å²) in [6.45, 7) is 7.88. The first-order chi connectivity index (χ1) is 7.90. The largest absolute Gasteiger partial charge is 0.360 e. The molecule has 1 saturated heterocycles. The van der Waals surface area contributed by atoms with Gasteiger partial charge in [-0.1, -0.05) is 32.0 Å². The summed E-state index contributed by atoms with van der Waals surface area (Å²) in [6, 6.07) is 6.87. The van der Waals surface area contributed by atoms with Gasteiger partial charge in [0.15, 0.2) is 0 Å². The van der Waals surface area contributed by atoms with Crippen LogP contribution in [0.25, 0.3) is 0 Å². The summed E-state index contributed by atoms with van der Waals surface area (Å²) in [5.74, 6) is -0.163. The molecule has 1 unspecified atom stereocenters. The van der Waals surface area contributed by atoms with Crippen LogP contribution in [-0.2, 0) is 11.2 Å². The predicted molar refractivity (Wildman–Crippen MR) is 66.2 cm³/mol. The first-order valence-electron chi connectivity index (χ1n) is 6.03. The van der Waals surface area contributed by atoms with Crippen LogP contribution >= 0.6 is 0 Å². The highest BCUT2D eigenvalue weighted by Crippen LogP contribution is 2.27. The van der Waals surface area contributed by atoms with Crippen LogP contribution in [0.15, 0.2) is 24.3 Å². The molecule has 0 spiro atoms. The summed E-state index contributed by atoms with van der Waals surface area (Å²) in [7, 11) is 0. The number of ether oxygens (including phenoxy) is 1. The maximum Gasteiger partial charge on any atom is 0.126 e. The van der Waals surface area contributed by atoms with Gasteiger partial charge in [0, 0.05) is 18.4 Å². The van der Waals surface area contributed by atoms with Gasteiger partial charge in [0.1, 0.15) is 11.5 Å². The lowest BCUT2D eigenvalue weighted by atomic mass is 9.90. The van der Waals surface area contributed by atoms with Gasteiger partial charge in [-0.25, -0.2) is 4.39 Å². The zero-order valence-electron chi connectivity index (χ0n) is 10.7. The van der Waals surface area contributed by atoms with Crippen LogP contribution in [0.1, 0.15) is 26.3 Å². The molecule has 0 bridgehead atoms. The highest BCUT2D eigenvalue weighted by molar-refractivity contribution is 5.19. The van der Waals surface area contributed by atoms with Gasteiger partial charge >= 0.3 is 0 Å². The summed E-state index contributed by atoms with van der Waals surface area (Å²) >= 11 is 0. The van der Waals surface area contributed by atoms with E-state index in [1.165, 1.54) is 6.07 Å². The fourth-order valence-corrected chi connectivity index (χ4v) is 2.00. The molecule has 1 fully saturated rings. The molecule has 1 aliphatic rings. The van der Waals surface area contributed by atoms with E-state index in [1.54, 1.807) is 6.07 Å². The van der Waals surface area contributed by atoms with E-state index in [1.807, 2.05) is 19.1 Å². The van der Waals surface area contributed by atoms with Crippen molar-refractivity contribution in [1.82, 2.24) is 5.32 Å². The predicted octanol–water partition coefficient (Wildman–Crippen LogP) is 2.73. The quantitative estimate of drug-likeness (QED) is 0.854. The number of benzene rings is 1. The van der Waals surface area contributed by atoms with E-state index in [4.69, 9.17) is 4.74 Å². The second-order valence-corrected chi connectivity index (χ2v) is 5.81. The Morgan fingerprint density at radius 2 is 2.00 bits per heavy atom. The van der Waals surface area contributed by atoms with Crippen molar-refractivity contribution in [2.75, 3.05) is 13.2 Å². The summed E-state index contributed by atoms with van der Waals surface area (Å²) < 4.78 is 19.4. The van der Waals surface area contributed by atoms with Gasteiger partial charge < -0.3 is 4.74 Å². The number of rotatable bonds is 2. The standard InChI is InChI=1S/C14H20FNO/c1-13(2)9-16-14(3,17-10-13)8-11-6-4-5-7-12(11)15/h4-7,16H,8-10H2,1-3H3. The van der Waals surface area contributed by atoms with Crippen molar-refractivity contribution in [2.24, 2.45) is 5.41 Å². The second-order valence-electron chi connectivity index (χ2n) is 5.81. The molecular formula is C14H20FNO. The minimum absolute atomic E-state index is 0.148. The Morgan fingerprint density at radius 3 is 2.59 bits per heavy atom. The second kappa shape index (κ2) is 4.39. The molecule has 2 rings (SSSR count). The third-order valence-electron chi connectivity index (χ3n) is 3.21. The molecule has 94 valence electrons. The van der Waals surface area contributed by atoms with E-state index in [2.05, 4.69) is 19.2 Å². The van der Waals surface area contributed by atoms with E-state index in [9.17, 15) is 4.39 Å². The van der Waals surface area contributed by atoms with Crippen molar-refractivity contribution in [3.05, 3.63) is 35.6 Å². The fourth-order valence-electron chi connectivity index (χ4n) is 2.00.